The number of primary amides is 1. The zero-order valence-electron chi connectivity index (χ0n) is 22.7. The molecule has 39 heavy (non-hydrogen) atoms. The van der Waals surface area contributed by atoms with Crippen molar-refractivity contribution >= 4 is 23.5 Å². The smallest absolute Gasteiger partial charge is 0.435 e. The van der Waals surface area contributed by atoms with Crippen molar-refractivity contribution in [2.75, 3.05) is 18.4 Å². The maximum Gasteiger partial charge on any atom is 0.435 e. The van der Waals surface area contributed by atoms with Gasteiger partial charge in [-0.1, -0.05) is 13.8 Å². The highest BCUT2D eigenvalue weighted by Gasteiger charge is 2.45. The molecule has 2 aromatic rings. The molecule has 0 spiro atoms. The topological polar surface area (TPSA) is 120 Å². The van der Waals surface area contributed by atoms with Gasteiger partial charge in [-0.25, -0.2) is 9.48 Å². The van der Waals surface area contributed by atoms with Gasteiger partial charge in [0.1, 0.15) is 5.60 Å². The van der Waals surface area contributed by atoms with E-state index in [1.54, 1.807) is 25.7 Å². The van der Waals surface area contributed by atoms with Crippen LogP contribution in [-0.2, 0) is 17.3 Å². The molecule has 2 heterocycles. The summed E-state index contributed by atoms with van der Waals surface area (Å²) < 4.78 is 48.3. The van der Waals surface area contributed by atoms with Gasteiger partial charge >= 0.3 is 12.3 Å². The van der Waals surface area contributed by atoms with Gasteiger partial charge in [-0.3, -0.25) is 9.59 Å². The minimum absolute atomic E-state index is 0.0159. The zero-order valence-corrected chi connectivity index (χ0v) is 22.7. The Balaban J connectivity index is 1.71. The average molecular weight is 550 g/mol. The number of carbonyl (C=O) groups excluding carboxylic acids is 3. The van der Waals surface area contributed by atoms with Gasteiger partial charge in [-0.2, -0.15) is 18.3 Å². The van der Waals surface area contributed by atoms with E-state index in [1.807, 2.05) is 13.8 Å². The monoisotopic (exact) mass is 549 g/mol. The van der Waals surface area contributed by atoms with Crippen LogP contribution in [0.4, 0.5) is 23.7 Å². The Morgan fingerprint density at radius 3 is 2.49 bits per heavy atom. The number of Topliss-reactive ketones (excluding diaryl/α,β-unsaturated/α-hetero) is 1. The molecule has 2 aliphatic rings. The van der Waals surface area contributed by atoms with Crippen LogP contribution in [0.5, 0.6) is 0 Å². The van der Waals surface area contributed by atoms with E-state index in [0.29, 0.717) is 31.6 Å². The number of nitrogens with zero attached hydrogens (tertiary/aromatic N) is 3. The van der Waals surface area contributed by atoms with Gasteiger partial charge in [0.25, 0.3) is 5.91 Å². The standard InChI is InChI=1S/C27H34F3N5O4/c1-25(2,3)39-24(38)34-10-6-7-15(14-34)32-18-11-16(8-9-17(18)23(31)37)35-19-12-26(4,5)13-20(36)21(19)22(33-35)27(28,29)30/h8-9,11,15,32H,6-7,10,12-14H2,1-5H3,(H2,31,37). The van der Waals surface area contributed by atoms with Crippen molar-refractivity contribution in [2.24, 2.45) is 11.1 Å². The zero-order chi connectivity index (χ0) is 28.9. The first-order valence-electron chi connectivity index (χ1n) is 12.9. The maximum absolute atomic E-state index is 13.9. The van der Waals surface area contributed by atoms with Crippen molar-refractivity contribution in [3.63, 3.8) is 0 Å². The third-order valence-electron chi connectivity index (χ3n) is 6.76. The van der Waals surface area contributed by atoms with Gasteiger partial charge in [0, 0.05) is 31.2 Å². The summed E-state index contributed by atoms with van der Waals surface area (Å²) >= 11 is 0. The van der Waals surface area contributed by atoms with Gasteiger partial charge in [0.2, 0.25) is 0 Å². The fourth-order valence-electron chi connectivity index (χ4n) is 5.17. The van der Waals surface area contributed by atoms with Crippen LogP contribution in [0, 0.1) is 5.41 Å². The van der Waals surface area contributed by atoms with E-state index in [2.05, 4.69) is 10.4 Å². The van der Waals surface area contributed by atoms with Gasteiger partial charge in [-0.05, 0) is 63.6 Å². The molecule has 1 unspecified atom stereocenters. The molecule has 0 radical (unpaired) electrons. The molecule has 4 rings (SSSR count). The third kappa shape index (κ3) is 6.20. The Bertz CT molecular complexity index is 1310. The van der Waals surface area contributed by atoms with E-state index < -0.39 is 46.2 Å². The lowest BCUT2D eigenvalue weighted by Crippen LogP contribution is -2.47. The number of nitrogens with one attached hydrogen (secondary N) is 1. The first kappa shape index (κ1) is 28.4. The number of piperidine rings is 1. The van der Waals surface area contributed by atoms with Crippen molar-refractivity contribution in [1.82, 2.24) is 14.7 Å². The number of hydrogen-bond acceptors (Lipinski definition) is 6. The molecule has 1 atom stereocenters. The molecular formula is C27H34F3N5O4. The third-order valence-corrected chi connectivity index (χ3v) is 6.76. The summed E-state index contributed by atoms with van der Waals surface area (Å²) in [5, 5.41) is 7.09. The number of likely N-dealkylation sites (tertiary alicyclic amines) is 1. The van der Waals surface area contributed by atoms with Crippen LogP contribution >= 0.6 is 0 Å². The first-order chi connectivity index (χ1) is 17.9. The van der Waals surface area contributed by atoms with Gasteiger partial charge in [-0.15, -0.1) is 0 Å². The van der Waals surface area contributed by atoms with Gasteiger partial charge in [0.15, 0.2) is 11.5 Å². The highest BCUT2D eigenvalue weighted by molar-refractivity contribution is 6.00. The number of rotatable bonds is 4. The molecule has 1 aromatic heterocycles. The number of anilines is 1. The summed E-state index contributed by atoms with van der Waals surface area (Å²) in [4.78, 5) is 39.2. The fourth-order valence-corrected chi connectivity index (χ4v) is 5.17. The van der Waals surface area contributed by atoms with Crippen molar-refractivity contribution in [2.45, 2.75) is 78.1 Å². The van der Waals surface area contributed by atoms with Crippen LogP contribution in [0.3, 0.4) is 0 Å². The van der Waals surface area contributed by atoms with E-state index in [9.17, 15) is 27.6 Å². The van der Waals surface area contributed by atoms with Crippen molar-refractivity contribution in [3.05, 3.63) is 40.7 Å². The Kier molecular flexibility index (Phi) is 7.20. The molecule has 9 nitrogen and oxygen atoms in total. The predicted molar refractivity (Wildman–Crippen MR) is 138 cm³/mol. The SMILES string of the molecule is CC1(C)CC(=O)c2c(C(F)(F)F)nn(-c3ccc(C(N)=O)c(NC4CCCN(C(=O)OC(C)(C)C)C4)c3)c2C1. The summed E-state index contributed by atoms with van der Waals surface area (Å²) in [6.07, 6.45) is -3.70. The number of alkyl halides is 3. The summed E-state index contributed by atoms with van der Waals surface area (Å²) in [6, 6.07) is 4.12. The molecule has 1 fully saturated rings. The minimum Gasteiger partial charge on any atom is -0.444 e. The number of fused-ring (bicyclic) bond motifs is 1. The second-order valence-corrected chi connectivity index (χ2v) is 12.0. The normalized spacial score (nSPS) is 19.4. The van der Waals surface area contributed by atoms with Crippen LogP contribution in [-0.4, -0.2) is 57.2 Å². The number of nitrogens with two attached hydrogens (primary N) is 1. The Morgan fingerprint density at radius 1 is 1.18 bits per heavy atom. The molecular weight excluding hydrogens is 515 g/mol. The van der Waals surface area contributed by atoms with E-state index in [0.717, 1.165) is 4.68 Å². The summed E-state index contributed by atoms with van der Waals surface area (Å²) in [5.74, 6) is -1.32. The van der Waals surface area contributed by atoms with Crippen molar-refractivity contribution in [3.8, 4) is 5.69 Å². The molecule has 12 heteroatoms. The van der Waals surface area contributed by atoms with Gasteiger partial charge in [0.05, 0.1) is 22.5 Å². The molecule has 0 bridgehead atoms. The second kappa shape index (κ2) is 9.87. The van der Waals surface area contributed by atoms with E-state index in [-0.39, 0.29) is 35.8 Å². The number of ketones is 1. The highest BCUT2D eigenvalue weighted by atomic mass is 19.4. The van der Waals surface area contributed by atoms with Crippen LogP contribution in [0.15, 0.2) is 18.2 Å². The second-order valence-electron chi connectivity index (χ2n) is 12.0. The molecule has 3 N–H and O–H groups in total. The number of aromatic nitrogens is 2. The minimum atomic E-state index is -4.81. The molecule has 212 valence electrons. The lowest BCUT2D eigenvalue weighted by atomic mass is 9.75. The largest absolute Gasteiger partial charge is 0.444 e. The highest BCUT2D eigenvalue weighted by Crippen LogP contribution is 2.42. The summed E-state index contributed by atoms with van der Waals surface area (Å²) in [7, 11) is 0. The molecule has 1 saturated heterocycles. The van der Waals surface area contributed by atoms with Crippen LogP contribution in [0.1, 0.15) is 86.0 Å². The summed E-state index contributed by atoms with van der Waals surface area (Å²) in [6.45, 7) is 9.79. The fraction of sp³-hybridized carbons (Fsp3) is 0.556. The van der Waals surface area contributed by atoms with Crippen LogP contribution < -0.4 is 11.1 Å². The van der Waals surface area contributed by atoms with Crippen LogP contribution in [0.2, 0.25) is 0 Å². The Morgan fingerprint density at radius 2 is 1.87 bits per heavy atom. The average Bonchev–Trinajstić information content (AvgIpc) is 3.17. The van der Waals surface area contributed by atoms with E-state index >= 15 is 0 Å². The number of ether oxygens (including phenoxy) is 1. The lowest BCUT2D eigenvalue weighted by molar-refractivity contribution is -0.141. The number of hydrogen-bond donors (Lipinski definition) is 2. The van der Waals surface area contributed by atoms with Crippen molar-refractivity contribution < 1.29 is 32.3 Å². The number of halogens is 3. The molecule has 1 aliphatic heterocycles. The molecule has 1 aliphatic carbocycles. The number of amides is 2. The quantitative estimate of drug-likeness (QED) is 0.557. The molecule has 1 aromatic carbocycles. The van der Waals surface area contributed by atoms with E-state index in [4.69, 9.17) is 10.5 Å². The Labute approximate surface area is 224 Å². The first-order valence-corrected chi connectivity index (χ1v) is 12.9. The molecule has 2 amide bonds. The van der Waals surface area contributed by atoms with E-state index in [1.165, 1.54) is 18.2 Å². The van der Waals surface area contributed by atoms with Crippen molar-refractivity contribution in [1.29, 1.82) is 0 Å². The lowest BCUT2D eigenvalue weighted by Gasteiger charge is -2.35. The Hall–Kier alpha value is -3.57. The maximum atomic E-state index is 13.9. The summed E-state index contributed by atoms with van der Waals surface area (Å²) in [5.41, 5.74) is 3.64. The molecule has 0 saturated carbocycles. The van der Waals surface area contributed by atoms with Crippen LogP contribution in [0.25, 0.3) is 5.69 Å². The number of carbonyl (C=O) groups is 3. The van der Waals surface area contributed by atoms with Gasteiger partial charge < -0.3 is 20.7 Å². The predicted octanol–water partition coefficient (Wildman–Crippen LogP) is 4.96. The number of benzene rings is 1.